The molecule has 5 nitrogen and oxygen atoms in total. The molecule has 0 radical (unpaired) electrons. The van der Waals surface area contributed by atoms with E-state index in [1.165, 1.54) is 44.2 Å². The molecule has 1 atom stereocenters. The second-order valence-electron chi connectivity index (χ2n) is 7.63. The van der Waals surface area contributed by atoms with Gasteiger partial charge in [0, 0.05) is 45.2 Å². The molecule has 5 heteroatoms. The molecule has 144 valence electrons. The number of guanidine groups is 1. The lowest BCUT2D eigenvalue weighted by Gasteiger charge is -2.43. The van der Waals surface area contributed by atoms with E-state index in [9.17, 15) is 0 Å². The molecule has 1 saturated carbocycles. The van der Waals surface area contributed by atoms with Gasteiger partial charge in [0.2, 0.25) is 0 Å². The van der Waals surface area contributed by atoms with Crippen LogP contribution in [0.4, 0.5) is 0 Å². The van der Waals surface area contributed by atoms with Crippen molar-refractivity contribution in [1.29, 1.82) is 0 Å². The number of nitrogens with zero attached hydrogens (tertiary/aromatic N) is 2. The first-order valence-corrected chi connectivity index (χ1v) is 10.0. The molecular weight excluding hydrogens is 324 g/mol. The van der Waals surface area contributed by atoms with Gasteiger partial charge in [-0.2, -0.15) is 0 Å². The van der Waals surface area contributed by atoms with Gasteiger partial charge in [-0.3, -0.25) is 9.89 Å². The van der Waals surface area contributed by atoms with Gasteiger partial charge in [0.05, 0.1) is 6.61 Å². The average molecular weight is 359 g/mol. The summed E-state index contributed by atoms with van der Waals surface area (Å²) < 4.78 is 5.24. The van der Waals surface area contributed by atoms with Crippen molar-refractivity contribution in [2.45, 2.75) is 43.6 Å². The van der Waals surface area contributed by atoms with E-state index >= 15 is 0 Å². The van der Waals surface area contributed by atoms with E-state index in [-0.39, 0.29) is 5.41 Å². The predicted octanol–water partition coefficient (Wildman–Crippen LogP) is 2.38. The van der Waals surface area contributed by atoms with Gasteiger partial charge in [0.15, 0.2) is 5.96 Å². The summed E-state index contributed by atoms with van der Waals surface area (Å²) >= 11 is 0. The lowest BCUT2D eigenvalue weighted by atomic mass is 9.64. The Morgan fingerprint density at radius 2 is 2.04 bits per heavy atom. The normalized spacial score (nSPS) is 22.8. The number of rotatable bonds is 8. The molecule has 2 fully saturated rings. The third-order valence-corrected chi connectivity index (χ3v) is 6.10. The fraction of sp³-hybridized carbons (Fsp3) is 0.667. The van der Waals surface area contributed by atoms with Crippen LogP contribution in [0.3, 0.4) is 0 Å². The molecule has 1 saturated heterocycles. The minimum atomic E-state index is 0.275. The zero-order chi connectivity index (χ0) is 18.2. The first kappa shape index (κ1) is 19.2. The molecule has 1 aliphatic carbocycles. The van der Waals surface area contributed by atoms with E-state index in [0.29, 0.717) is 6.04 Å². The third-order valence-electron chi connectivity index (χ3n) is 6.10. The number of hydrogen-bond acceptors (Lipinski definition) is 3. The maximum atomic E-state index is 5.24. The Balaban J connectivity index is 1.49. The average Bonchev–Trinajstić information content (AvgIpc) is 3.09. The highest BCUT2D eigenvalue weighted by Gasteiger charge is 2.38. The van der Waals surface area contributed by atoms with Crippen LogP contribution in [0.1, 0.15) is 37.7 Å². The van der Waals surface area contributed by atoms with E-state index in [1.54, 1.807) is 7.11 Å². The summed E-state index contributed by atoms with van der Waals surface area (Å²) in [5.41, 5.74) is 1.73. The van der Waals surface area contributed by atoms with Crippen molar-refractivity contribution in [2.75, 3.05) is 46.9 Å². The lowest BCUT2D eigenvalue weighted by Crippen LogP contribution is -2.51. The smallest absolute Gasteiger partial charge is 0.191 e. The molecule has 2 aliphatic rings. The number of benzene rings is 1. The molecule has 26 heavy (non-hydrogen) atoms. The first-order chi connectivity index (χ1) is 12.8. The fourth-order valence-corrected chi connectivity index (χ4v) is 4.28. The van der Waals surface area contributed by atoms with Crippen LogP contribution in [0, 0.1) is 0 Å². The van der Waals surface area contributed by atoms with Gasteiger partial charge in [0.1, 0.15) is 0 Å². The van der Waals surface area contributed by atoms with Crippen molar-refractivity contribution < 1.29 is 4.74 Å². The highest BCUT2D eigenvalue weighted by molar-refractivity contribution is 5.79. The van der Waals surface area contributed by atoms with Gasteiger partial charge in [-0.25, -0.2) is 0 Å². The SMILES string of the molecule is CN=C(NCC1CCCN1CCOC)NCC1(c2ccccc2)CCC1. The number of nitrogens with one attached hydrogen (secondary N) is 2. The van der Waals surface area contributed by atoms with Crippen molar-refractivity contribution >= 4 is 5.96 Å². The Labute approximate surface area is 158 Å². The molecule has 0 amide bonds. The molecular formula is C21H34N4O. The zero-order valence-electron chi connectivity index (χ0n) is 16.3. The second-order valence-corrected chi connectivity index (χ2v) is 7.63. The van der Waals surface area contributed by atoms with E-state index in [1.807, 2.05) is 7.05 Å². The zero-order valence-corrected chi connectivity index (χ0v) is 16.3. The standard InChI is InChI=1S/C21H34N4O/c1-22-20(23-16-19-10-6-13-25(19)14-15-26-2)24-17-21(11-7-12-21)18-8-4-3-5-9-18/h3-5,8-9,19H,6-7,10-17H2,1-2H3,(H2,22,23,24). The summed E-state index contributed by atoms with van der Waals surface area (Å²) in [6.45, 7) is 4.91. The molecule has 0 bridgehead atoms. The minimum Gasteiger partial charge on any atom is -0.383 e. The number of hydrogen-bond donors (Lipinski definition) is 2. The summed E-state index contributed by atoms with van der Waals surface area (Å²) in [4.78, 5) is 6.97. The van der Waals surface area contributed by atoms with E-state index in [2.05, 4.69) is 50.9 Å². The molecule has 3 rings (SSSR count). The summed E-state index contributed by atoms with van der Waals surface area (Å²) in [7, 11) is 3.64. The summed E-state index contributed by atoms with van der Waals surface area (Å²) in [6, 6.07) is 11.5. The van der Waals surface area contributed by atoms with Crippen LogP contribution in [-0.4, -0.2) is 63.8 Å². The van der Waals surface area contributed by atoms with Crippen LogP contribution in [0.2, 0.25) is 0 Å². The molecule has 0 aromatic heterocycles. The fourth-order valence-electron chi connectivity index (χ4n) is 4.28. The molecule has 1 unspecified atom stereocenters. The van der Waals surface area contributed by atoms with E-state index in [4.69, 9.17) is 4.74 Å². The molecule has 1 aromatic carbocycles. The van der Waals surface area contributed by atoms with Crippen molar-refractivity contribution in [3.63, 3.8) is 0 Å². The van der Waals surface area contributed by atoms with Gasteiger partial charge >= 0.3 is 0 Å². The minimum absolute atomic E-state index is 0.275. The Hall–Kier alpha value is -1.59. The van der Waals surface area contributed by atoms with Gasteiger partial charge in [-0.1, -0.05) is 36.8 Å². The Bertz CT molecular complexity index is 571. The molecule has 0 spiro atoms. The predicted molar refractivity (Wildman–Crippen MR) is 108 cm³/mol. The molecule has 1 aromatic rings. The Morgan fingerprint density at radius 1 is 1.23 bits per heavy atom. The largest absolute Gasteiger partial charge is 0.383 e. The van der Waals surface area contributed by atoms with Crippen LogP contribution in [0.15, 0.2) is 35.3 Å². The highest BCUT2D eigenvalue weighted by Crippen LogP contribution is 2.43. The van der Waals surface area contributed by atoms with Gasteiger partial charge in [0.25, 0.3) is 0 Å². The number of methoxy groups -OCH3 is 1. The van der Waals surface area contributed by atoms with Crippen molar-refractivity contribution in [3.8, 4) is 0 Å². The van der Waals surface area contributed by atoms with Crippen LogP contribution >= 0.6 is 0 Å². The van der Waals surface area contributed by atoms with Crippen molar-refractivity contribution in [3.05, 3.63) is 35.9 Å². The maximum absolute atomic E-state index is 5.24. The number of aliphatic imine (C=N–C) groups is 1. The van der Waals surface area contributed by atoms with Gasteiger partial charge in [-0.15, -0.1) is 0 Å². The molecule has 1 heterocycles. The number of likely N-dealkylation sites (tertiary alicyclic amines) is 1. The first-order valence-electron chi connectivity index (χ1n) is 10.0. The number of ether oxygens (including phenoxy) is 1. The van der Waals surface area contributed by atoms with Gasteiger partial charge in [-0.05, 0) is 37.8 Å². The van der Waals surface area contributed by atoms with Crippen LogP contribution in [-0.2, 0) is 10.2 Å². The van der Waals surface area contributed by atoms with E-state index in [0.717, 1.165) is 32.2 Å². The summed E-state index contributed by atoms with van der Waals surface area (Å²) in [5.74, 6) is 0.922. The highest BCUT2D eigenvalue weighted by atomic mass is 16.5. The second kappa shape index (κ2) is 9.38. The Kier molecular flexibility index (Phi) is 6.92. The molecule has 1 aliphatic heterocycles. The summed E-state index contributed by atoms with van der Waals surface area (Å²) in [6.07, 6.45) is 6.36. The topological polar surface area (TPSA) is 48.9 Å². The summed E-state index contributed by atoms with van der Waals surface area (Å²) in [5, 5.41) is 7.13. The molecule has 2 N–H and O–H groups in total. The van der Waals surface area contributed by atoms with Crippen LogP contribution < -0.4 is 10.6 Å². The maximum Gasteiger partial charge on any atom is 0.191 e. The lowest BCUT2D eigenvalue weighted by molar-refractivity contribution is 0.141. The Morgan fingerprint density at radius 3 is 2.69 bits per heavy atom. The van der Waals surface area contributed by atoms with E-state index < -0.39 is 0 Å². The monoisotopic (exact) mass is 358 g/mol. The third kappa shape index (κ3) is 4.57. The van der Waals surface area contributed by atoms with Crippen LogP contribution in [0.5, 0.6) is 0 Å². The quantitative estimate of drug-likeness (QED) is 0.553. The van der Waals surface area contributed by atoms with Gasteiger partial charge < -0.3 is 15.4 Å². The van der Waals surface area contributed by atoms with Crippen molar-refractivity contribution in [1.82, 2.24) is 15.5 Å². The van der Waals surface area contributed by atoms with Crippen molar-refractivity contribution in [2.24, 2.45) is 4.99 Å². The van der Waals surface area contributed by atoms with Crippen LogP contribution in [0.25, 0.3) is 0 Å².